The highest BCUT2D eigenvalue weighted by molar-refractivity contribution is 7.17. The highest BCUT2D eigenvalue weighted by Gasteiger charge is 2.11. The third-order valence-electron chi connectivity index (χ3n) is 3.36. The van der Waals surface area contributed by atoms with Crippen LogP contribution in [0, 0.1) is 0 Å². The molecule has 0 atom stereocenters. The van der Waals surface area contributed by atoms with Crippen LogP contribution < -0.4 is 5.32 Å². The topological polar surface area (TPSA) is 38.3 Å². The van der Waals surface area contributed by atoms with Crippen molar-refractivity contribution in [3.05, 3.63) is 65.0 Å². The largest absolute Gasteiger partial charge is 0.465 e. The van der Waals surface area contributed by atoms with E-state index in [1.54, 1.807) is 17.4 Å². The number of hydrogen-bond donors (Lipinski definition) is 1. The summed E-state index contributed by atoms with van der Waals surface area (Å²) in [6, 6.07) is 15.7. The molecule has 0 saturated heterocycles. The summed E-state index contributed by atoms with van der Waals surface area (Å²) in [7, 11) is 1.39. The lowest BCUT2D eigenvalue weighted by molar-refractivity contribution is 0.0602. The molecule has 1 aromatic heterocycles. The van der Waals surface area contributed by atoms with E-state index < -0.39 is 0 Å². The number of benzene rings is 2. The highest BCUT2D eigenvalue weighted by Crippen LogP contribution is 2.26. The number of esters is 1. The van der Waals surface area contributed by atoms with Crippen molar-refractivity contribution >= 4 is 33.1 Å². The van der Waals surface area contributed by atoms with Gasteiger partial charge < -0.3 is 10.1 Å². The second kappa shape index (κ2) is 5.97. The van der Waals surface area contributed by atoms with Crippen LogP contribution in [0.4, 0.5) is 5.69 Å². The Kier molecular flexibility index (Phi) is 3.88. The summed E-state index contributed by atoms with van der Waals surface area (Å²) in [6.45, 7) is 0.679. The van der Waals surface area contributed by atoms with Gasteiger partial charge in [0.05, 0.1) is 12.7 Å². The summed E-state index contributed by atoms with van der Waals surface area (Å²) >= 11 is 1.73. The molecule has 0 spiro atoms. The first-order valence-corrected chi connectivity index (χ1v) is 7.54. The number of nitrogens with one attached hydrogen (secondary N) is 1. The van der Waals surface area contributed by atoms with Gasteiger partial charge in [-0.1, -0.05) is 30.3 Å². The minimum Gasteiger partial charge on any atom is -0.465 e. The van der Waals surface area contributed by atoms with Gasteiger partial charge in [-0.25, -0.2) is 4.79 Å². The van der Waals surface area contributed by atoms with E-state index in [4.69, 9.17) is 4.74 Å². The van der Waals surface area contributed by atoms with Gasteiger partial charge in [0, 0.05) is 16.9 Å². The molecule has 106 valence electrons. The highest BCUT2D eigenvalue weighted by atomic mass is 32.1. The smallest absolute Gasteiger partial charge is 0.339 e. The van der Waals surface area contributed by atoms with E-state index in [1.807, 2.05) is 30.3 Å². The molecule has 0 unspecified atom stereocenters. The fourth-order valence-electron chi connectivity index (χ4n) is 2.29. The van der Waals surface area contributed by atoms with Crippen LogP contribution in [0.5, 0.6) is 0 Å². The van der Waals surface area contributed by atoms with Gasteiger partial charge in [-0.3, -0.25) is 0 Å². The first-order valence-electron chi connectivity index (χ1n) is 6.66. The first kappa shape index (κ1) is 13.6. The molecule has 0 amide bonds. The summed E-state index contributed by atoms with van der Waals surface area (Å²) in [5, 5.41) is 6.74. The summed E-state index contributed by atoms with van der Waals surface area (Å²) < 4.78 is 6.08. The number of methoxy groups -OCH3 is 1. The standard InChI is InChI=1S/C17H15NO2S/c1-20-17(19)14-7-2-4-8-15(14)18-10-12-11-21-16-9-5-3-6-13(12)16/h2-9,11,18H,10H2,1H3. The van der Waals surface area contributed by atoms with Crippen molar-refractivity contribution in [2.24, 2.45) is 0 Å². The average molecular weight is 297 g/mol. The number of hydrogen-bond acceptors (Lipinski definition) is 4. The van der Waals surface area contributed by atoms with Gasteiger partial charge in [-0.2, -0.15) is 0 Å². The molecule has 4 heteroatoms. The van der Waals surface area contributed by atoms with Crippen LogP contribution >= 0.6 is 11.3 Å². The predicted octanol–water partition coefficient (Wildman–Crippen LogP) is 4.30. The Labute approximate surface area is 127 Å². The minimum absolute atomic E-state index is 0.326. The zero-order valence-corrected chi connectivity index (χ0v) is 12.4. The van der Waals surface area contributed by atoms with E-state index in [2.05, 4.69) is 22.8 Å². The van der Waals surface area contributed by atoms with Crippen molar-refractivity contribution in [1.82, 2.24) is 0 Å². The molecule has 3 nitrogen and oxygen atoms in total. The third-order valence-corrected chi connectivity index (χ3v) is 4.38. The van der Waals surface area contributed by atoms with Crippen LogP contribution in [0.1, 0.15) is 15.9 Å². The van der Waals surface area contributed by atoms with Gasteiger partial charge in [0.15, 0.2) is 0 Å². The molecule has 3 rings (SSSR count). The Hall–Kier alpha value is -2.33. The van der Waals surface area contributed by atoms with Gasteiger partial charge >= 0.3 is 5.97 Å². The number of fused-ring (bicyclic) bond motifs is 1. The number of para-hydroxylation sites is 1. The normalized spacial score (nSPS) is 10.5. The molecular weight excluding hydrogens is 282 g/mol. The number of thiophene rings is 1. The van der Waals surface area contributed by atoms with Crippen molar-refractivity contribution in [3.8, 4) is 0 Å². The summed E-state index contributed by atoms with van der Waals surface area (Å²) in [5.41, 5.74) is 2.58. The van der Waals surface area contributed by atoms with E-state index in [-0.39, 0.29) is 5.97 Å². The van der Waals surface area contributed by atoms with Gasteiger partial charge in [-0.15, -0.1) is 11.3 Å². The number of rotatable bonds is 4. The molecule has 0 aliphatic carbocycles. The van der Waals surface area contributed by atoms with Crippen LogP contribution in [-0.4, -0.2) is 13.1 Å². The van der Waals surface area contributed by atoms with E-state index in [0.29, 0.717) is 12.1 Å². The predicted molar refractivity (Wildman–Crippen MR) is 86.9 cm³/mol. The van der Waals surface area contributed by atoms with Crippen LogP contribution in [0.2, 0.25) is 0 Å². The molecule has 1 N–H and O–H groups in total. The second-order valence-electron chi connectivity index (χ2n) is 4.65. The number of anilines is 1. The SMILES string of the molecule is COC(=O)c1ccccc1NCc1csc2ccccc12. The maximum absolute atomic E-state index is 11.7. The van der Waals surface area contributed by atoms with Crippen LogP contribution in [0.3, 0.4) is 0 Å². The van der Waals surface area contributed by atoms with Gasteiger partial charge in [-0.05, 0) is 34.5 Å². The third kappa shape index (κ3) is 2.76. The number of carbonyl (C=O) groups is 1. The van der Waals surface area contributed by atoms with E-state index in [9.17, 15) is 4.79 Å². The lowest BCUT2D eigenvalue weighted by Crippen LogP contribution is -2.07. The summed E-state index contributed by atoms with van der Waals surface area (Å²) in [6.07, 6.45) is 0. The lowest BCUT2D eigenvalue weighted by atomic mass is 10.1. The Morgan fingerprint density at radius 3 is 2.76 bits per heavy atom. The van der Waals surface area contributed by atoms with E-state index >= 15 is 0 Å². The molecule has 0 fully saturated rings. The molecule has 0 saturated carbocycles. The van der Waals surface area contributed by atoms with Crippen molar-refractivity contribution in [2.75, 3.05) is 12.4 Å². The summed E-state index contributed by atoms with van der Waals surface area (Å²) in [4.78, 5) is 11.7. The van der Waals surface area contributed by atoms with Crippen molar-refractivity contribution in [1.29, 1.82) is 0 Å². The Balaban J connectivity index is 1.84. The zero-order valence-electron chi connectivity index (χ0n) is 11.6. The summed E-state index contributed by atoms with van der Waals surface area (Å²) in [5.74, 6) is -0.326. The van der Waals surface area contributed by atoms with Crippen molar-refractivity contribution in [3.63, 3.8) is 0 Å². The average Bonchev–Trinajstić information content (AvgIpc) is 2.96. The monoisotopic (exact) mass is 297 g/mol. The van der Waals surface area contributed by atoms with E-state index in [0.717, 1.165) is 5.69 Å². The first-order chi connectivity index (χ1) is 10.3. The van der Waals surface area contributed by atoms with Crippen LogP contribution in [-0.2, 0) is 11.3 Å². The van der Waals surface area contributed by atoms with Gasteiger partial charge in [0.2, 0.25) is 0 Å². The maximum atomic E-state index is 11.7. The Morgan fingerprint density at radius 2 is 1.90 bits per heavy atom. The molecule has 2 aromatic carbocycles. The Bertz CT molecular complexity index is 779. The molecule has 21 heavy (non-hydrogen) atoms. The molecule has 3 aromatic rings. The quantitative estimate of drug-likeness (QED) is 0.730. The second-order valence-corrected chi connectivity index (χ2v) is 5.56. The Morgan fingerprint density at radius 1 is 1.14 bits per heavy atom. The number of ether oxygens (including phenoxy) is 1. The molecular formula is C17H15NO2S. The van der Waals surface area contributed by atoms with Crippen molar-refractivity contribution in [2.45, 2.75) is 6.54 Å². The van der Waals surface area contributed by atoms with Gasteiger partial charge in [0.1, 0.15) is 0 Å². The van der Waals surface area contributed by atoms with Crippen LogP contribution in [0.15, 0.2) is 53.9 Å². The van der Waals surface area contributed by atoms with Gasteiger partial charge in [0.25, 0.3) is 0 Å². The fourth-order valence-corrected chi connectivity index (χ4v) is 3.25. The fraction of sp³-hybridized carbons (Fsp3) is 0.118. The molecule has 0 radical (unpaired) electrons. The number of carbonyl (C=O) groups excluding carboxylic acids is 1. The minimum atomic E-state index is -0.326. The van der Waals surface area contributed by atoms with E-state index in [1.165, 1.54) is 22.8 Å². The molecule has 0 aliphatic rings. The lowest BCUT2D eigenvalue weighted by Gasteiger charge is -2.10. The zero-order chi connectivity index (χ0) is 14.7. The molecule has 0 aliphatic heterocycles. The maximum Gasteiger partial charge on any atom is 0.339 e. The van der Waals surface area contributed by atoms with Crippen LogP contribution in [0.25, 0.3) is 10.1 Å². The molecule has 0 bridgehead atoms. The molecule has 1 heterocycles. The van der Waals surface area contributed by atoms with Crippen molar-refractivity contribution < 1.29 is 9.53 Å².